The third-order valence-electron chi connectivity index (χ3n) is 7.42. The fourth-order valence-electron chi connectivity index (χ4n) is 5.27. The first-order valence-electron chi connectivity index (χ1n) is 13.5. The molecule has 0 bridgehead atoms. The molecule has 15 heteroatoms. The van der Waals surface area contributed by atoms with Crippen molar-refractivity contribution in [3.05, 3.63) is 29.1 Å². The summed E-state index contributed by atoms with van der Waals surface area (Å²) in [4.78, 5) is 36.7. The average molecular weight is 576 g/mol. The van der Waals surface area contributed by atoms with Crippen LogP contribution in [0.1, 0.15) is 52.5 Å². The lowest BCUT2D eigenvalue weighted by Gasteiger charge is -2.33. The normalized spacial score (nSPS) is 18.4. The Kier molecular flexibility index (Phi) is 7.37. The minimum Gasteiger partial charge on any atom is -0.444 e. The van der Waals surface area contributed by atoms with Gasteiger partial charge in [-0.1, -0.05) is 0 Å². The molecular weight excluding hydrogens is 538 g/mol. The molecule has 2 aliphatic rings. The second kappa shape index (κ2) is 10.5. The number of piperidine rings is 2. The van der Waals surface area contributed by atoms with Gasteiger partial charge in [-0.2, -0.15) is 14.4 Å². The summed E-state index contributed by atoms with van der Waals surface area (Å²) in [5, 5.41) is 7.32. The highest BCUT2D eigenvalue weighted by molar-refractivity contribution is 7.89. The summed E-state index contributed by atoms with van der Waals surface area (Å²) >= 11 is 0. The van der Waals surface area contributed by atoms with Crippen molar-refractivity contribution >= 4 is 33.2 Å². The van der Waals surface area contributed by atoms with Crippen molar-refractivity contribution in [2.45, 2.75) is 69.0 Å². The zero-order valence-corrected chi connectivity index (χ0v) is 24.4. The second-order valence-electron chi connectivity index (χ2n) is 11.5. The molecule has 2 aliphatic heterocycles. The van der Waals surface area contributed by atoms with Crippen LogP contribution in [0.5, 0.6) is 0 Å². The number of rotatable bonds is 5. The molecule has 14 nitrogen and oxygen atoms in total. The molecule has 2 saturated heterocycles. The summed E-state index contributed by atoms with van der Waals surface area (Å²) in [6.45, 7) is 7.22. The van der Waals surface area contributed by atoms with Gasteiger partial charge in [0.1, 0.15) is 16.0 Å². The maximum Gasteiger partial charge on any atom is 0.410 e. The second-order valence-corrected chi connectivity index (χ2v) is 13.4. The summed E-state index contributed by atoms with van der Waals surface area (Å²) in [6, 6.07) is -0.127. The van der Waals surface area contributed by atoms with Crippen LogP contribution in [-0.4, -0.2) is 90.4 Å². The number of sulfonamides is 1. The number of nitrogens with zero attached hydrogens (tertiary/aromatic N) is 8. The number of imidazole rings is 1. The lowest BCUT2D eigenvalue weighted by atomic mass is 10.1. The summed E-state index contributed by atoms with van der Waals surface area (Å²) in [5.41, 5.74) is 0.427. The number of aromatic nitrogens is 6. The number of likely N-dealkylation sites (tertiary alicyclic amines) is 1. The maximum atomic E-state index is 13.2. The molecule has 5 heterocycles. The zero-order valence-electron chi connectivity index (χ0n) is 23.6. The van der Waals surface area contributed by atoms with E-state index < -0.39 is 15.6 Å². The Morgan fingerprint density at radius 1 is 1.05 bits per heavy atom. The fourth-order valence-corrected chi connectivity index (χ4v) is 6.73. The van der Waals surface area contributed by atoms with E-state index in [4.69, 9.17) is 9.72 Å². The molecule has 1 N–H and O–H groups in total. The van der Waals surface area contributed by atoms with E-state index in [1.54, 1.807) is 34.3 Å². The summed E-state index contributed by atoms with van der Waals surface area (Å²) < 4.78 is 37.5. The number of anilines is 1. The van der Waals surface area contributed by atoms with Crippen LogP contribution in [0.15, 0.2) is 28.3 Å². The Bertz CT molecular complexity index is 1550. The minimum atomic E-state index is -3.59. The maximum absolute atomic E-state index is 13.2. The predicted octanol–water partition coefficient (Wildman–Crippen LogP) is 1.70. The molecule has 0 spiro atoms. The molecule has 0 atom stereocenters. The first-order chi connectivity index (χ1) is 18.8. The Morgan fingerprint density at radius 3 is 2.33 bits per heavy atom. The van der Waals surface area contributed by atoms with Gasteiger partial charge in [0.05, 0.1) is 12.4 Å². The molecule has 3 aromatic heterocycles. The van der Waals surface area contributed by atoms with Crippen molar-refractivity contribution < 1.29 is 17.9 Å². The lowest BCUT2D eigenvalue weighted by Crippen LogP contribution is -2.43. The smallest absolute Gasteiger partial charge is 0.410 e. The van der Waals surface area contributed by atoms with E-state index in [0.717, 1.165) is 0 Å². The SMILES string of the molecule is Cn1cc(S(=O)(=O)N2CCC(Nc3ncc4c(n3)n(C3CCN(C(=O)OC(C)(C)C)CC3)c(=O)n4C)CC2)cn1. The molecular formula is C25H37N9O5S. The molecule has 0 unspecified atom stereocenters. The Labute approximate surface area is 233 Å². The monoisotopic (exact) mass is 575 g/mol. The number of amides is 1. The molecule has 0 radical (unpaired) electrons. The first-order valence-corrected chi connectivity index (χ1v) is 14.9. The van der Waals surface area contributed by atoms with Crippen LogP contribution in [0, 0.1) is 0 Å². The van der Waals surface area contributed by atoms with Gasteiger partial charge in [0.2, 0.25) is 16.0 Å². The van der Waals surface area contributed by atoms with Crippen molar-refractivity contribution in [1.29, 1.82) is 0 Å². The van der Waals surface area contributed by atoms with Crippen molar-refractivity contribution in [2.75, 3.05) is 31.5 Å². The van der Waals surface area contributed by atoms with Crippen LogP contribution in [0.2, 0.25) is 0 Å². The van der Waals surface area contributed by atoms with Gasteiger partial charge in [-0.15, -0.1) is 0 Å². The highest BCUT2D eigenvalue weighted by Gasteiger charge is 2.32. The molecule has 40 heavy (non-hydrogen) atoms. The van der Waals surface area contributed by atoms with Gasteiger partial charge in [0.25, 0.3) is 0 Å². The quantitative estimate of drug-likeness (QED) is 0.480. The summed E-state index contributed by atoms with van der Waals surface area (Å²) in [6.07, 6.45) is 6.55. The van der Waals surface area contributed by atoms with Crippen LogP contribution < -0.4 is 11.0 Å². The number of hydrogen-bond donors (Lipinski definition) is 1. The van der Waals surface area contributed by atoms with E-state index in [0.29, 0.717) is 69.0 Å². The number of hydrogen-bond acceptors (Lipinski definition) is 9. The van der Waals surface area contributed by atoms with Crippen molar-refractivity contribution in [2.24, 2.45) is 14.1 Å². The fraction of sp³-hybridized carbons (Fsp3) is 0.640. The van der Waals surface area contributed by atoms with Gasteiger partial charge >= 0.3 is 11.8 Å². The van der Waals surface area contributed by atoms with Gasteiger partial charge in [-0.25, -0.2) is 23.0 Å². The largest absolute Gasteiger partial charge is 0.444 e. The van der Waals surface area contributed by atoms with Crippen LogP contribution >= 0.6 is 0 Å². The number of nitrogens with one attached hydrogen (secondary N) is 1. The topological polar surface area (TPSA) is 149 Å². The number of ether oxygens (including phenoxy) is 1. The zero-order chi connectivity index (χ0) is 28.8. The van der Waals surface area contributed by atoms with Gasteiger partial charge in [0, 0.05) is 58.6 Å². The number of fused-ring (bicyclic) bond motifs is 1. The molecule has 0 saturated carbocycles. The van der Waals surface area contributed by atoms with Crippen molar-refractivity contribution in [3.63, 3.8) is 0 Å². The van der Waals surface area contributed by atoms with E-state index >= 15 is 0 Å². The van der Waals surface area contributed by atoms with Crippen molar-refractivity contribution in [3.8, 4) is 0 Å². The molecule has 0 aliphatic carbocycles. The van der Waals surface area contributed by atoms with E-state index in [2.05, 4.69) is 15.4 Å². The number of aryl methyl sites for hydroxylation is 2. The Balaban J connectivity index is 1.27. The summed E-state index contributed by atoms with van der Waals surface area (Å²) in [5.74, 6) is 0.395. The van der Waals surface area contributed by atoms with E-state index in [1.807, 2.05) is 20.8 Å². The van der Waals surface area contributed by atoms with E-state index in [9.17, 15) is 18.0 Å². The van der Waals surface area contributed by atoms with E-state index in [1.165, 1.54) is 21.4 Å². The standard InChI is InChI=1S/C25H37N9O5S/c1-25(2,3)39-24(36)32-10-8-18(9-11-32)34-21-20(31(5)23(34)35)15-26-22(29-21)28-17-6-12-33(13-7-17)40(37,38)19-14-27-30(4)16-19/h14-18H,6-13H2,1-5H3,(H,26,28,29). The third kappa shape index (κ3) is 5.57. The molecule has 0 aromatic carbocycles. The first kappa shape index (κ1) is 28.1. The highest BCUT2D eigenvalue weighted by Crippen LogP contribution is 2.27. The van der Waals surface area contributed by atoms with Gasteiger partial charge in [-0.3, -0.25) is 13.8 Å². The lowest BCUT2D eigenvalue weighted by molar-refractivity contribution is 0.0188. The molecule has 218 valence electrons. The predicted molar refractivity (Wildman–Crippen MR) is 147 cm³/mol. The summed E-state index contributed by atoms with van der Waals surface area (Å²) in [7, 11) is -0.201. The molecule has 5 rings (SSSR count). The molecule has 2 fully saturated rings. The van der Waals surface area contributed by atoms with Crippen LogP contribution in [0.3, 0.4) is 0 Å². The highest BCUT2D eigenvalue weighted by atomic mass is 32.2. The van der Waals surface area contributed by atoms with Gasteiger partial charge < -0.3 is 15.0 Å². The Morgan fingerprint density at radius 2 is 1.73 bits per heavy atom. The van der Waals surface area contributed by atoms with Crippen LogP contribution in [0.4, 0.5) is 10.7 Å². The minimum absolute atomic E-state index is 0.0150. The van der Waals surface area contributed by atoms with Crippen LogP contribution in [-0.2, 0) is 28.9 Å². The van der Waals surface area contributed by atoms with E-state index in [-0.39, 0.29) is 28.8 Å². The third-order valence-corrected chi connectivity index (χ3v) is 9.27. The Hall–Kier alpha value is -3.46. The number of carbonyl (C=O) groups excluding carboxylic acids is 1. The van der Waals surface area contributed by atoms with Gasteiger partial charge in [0.15, 0.2) is 5.65 Å². The molecule has 3 aromatic rings. The number of carbonyl (C=O) groups is 1. The van der Waals surface area contributed by atoms with Gasteiger partial charge in [-0.05, 0) is 46.5 Å². The molecule has 1 amide bonds. The average Bonchev–Trinajstić information content (AvgIpc) is 3.45. The van der Waals surface area contributed by atoms with Crippen molar-refractivity contribution in [1.82, 2.24) is 38.1 Å². The van der Waals surface area contributed by atoms with Crippen LogP contribution in [0.25, 0.3) is 11.2 Å².